The van der Waals surface area contributed by atoms with Crippen LogP contribution in [0.5, 0.6) is 5.75 Å². The molecule has 0 radical (unpaired) electrons. The average molecular weight is 585 g/mol. The fourth-order valence-corrected chi connectivity index (χ4v) is 5.02. The van der Waals surface area contributed by atoms with Gasteiger partial charge in [-0.25, -0.2) is 13.8 Å². The van der Waals surface area contributed by atoms with Gasteiger partial charge < -0.3 is 4.74 Å². The average Bonchev–Trinajstić information content (AvgIpc) is 2.80. The number of amides is 1. The fraction of sp³-hybridized carbons (Fsp3) is 0.130. The number of benzene rings is 3. The highest BCUT2D eigenvalue weighted by Crippen LogP contribution is 2.25. The van der Waals surface area contributed by atoms with Crippen LogP contribution in [0.15, 0.2) is 81.2 Å². The number of carbonyl (C=O) groups excluding carboxylic acids is 1. The van der Waals surface area contributed by atoms with Crippen LogP contribution in [-0.4, -0.2) is 38.5 Å². The third-order valence-electron chi connectivity index (χ3n) is 4.63. The van der Waals surface area contributed by atoms with Crippen LogP contribution >= 0.6 is 39.1 Å². The predicted molar refractivity (Wildman–Crippen MR) is 137 cm³/mol. The summed E-state index contributed by atoms with van der Waals surface area (Å²) in [4.78, 5) is 12.6. The molecular formula is C23H20BrCl2N3O4S. The minimum absolute atomic E-state index is 0.0356. The molecule has 0 aliphatic rings. The standard InChI is InChI=1S/C23H20BrCl2N3O4S/c1-33-20-4-2-3-16(11-20)13-27-28-23(30)15-29(14-17-5-8-19(25)12-22(17)26)34(31,32)21-9-6-18(24)7-10-21/h2-13H,14-15H2,1H3,(H,28,30)/b27-13+. The van der Waals surface area contributed by atoms with Crippen molar-refractivity contribution in [2.24, 2.45) is 5.10 Å². The number of hydrogen-bond acceptors (Lipinski definition) is 5. The van der Waals surface area contributed by atoms with Crippen LogP contribution in [-0.2, 0) is 21.4 Å². The van der Waals surface area contributed by atoms with E-state index in [1.807, 2.05) is 0 Å². The summed E-state index contributed by atoms with van der Waals surface area (Å²) in [6.45, 7) is -0.617. The van der Waals surface area contributed by atoms with E-state index in [0.717, 1.165) is 8.78 Å². The lowest BCUT2D eigenvalue weighted by molar-refractivity contribution is -0.121. The van der Waals surface area contributed by atoms with Gasteiger partial charge in [-0.2, -0.15) is 9.41 Å². The molecule has 3 aromatic carbocycles. The van der Waals surface area contributed by atoms with Gasteiger partial charge in [0.05, 0.1) is 24.8 Å². The molecule has 0 saturated heterocycles. The fourth-order valence-electron chi connectivity index (χ4n) is 2.92. The molecule has 0 aliphatic heterocycles. The van der Waals surface area contributed by atoms with Crippen LogP contribution < -0.4 is 10.2 Å². The van der Waals surface area contributed by atoms with Gasteiger partial charge in [-0.05, 0) is 59.7 Å². The molecule has 1 amide bonds. The normalized spacial score (nSPS) is 11.7. The molecule has 34 heavy (non-hydrogen) atoms. The Hall–Kier alpha value is -2.43. The Morgan fingerprint density at radius 1 is 1.12 bits per heavy atom. The summed E-state index contributed by atoms with van der Waals surface area (Å²) < 4.78 is 33.6. The first-order valence-corrected chi connectivity index (χ1v) is 12.8. The molecule has 7 nitrogen and oxygen atoms in total. The van der Waals surface area contributed by atoms with Crippen molar-refractivity contribution >= 4 is 61.3 Å². The van der Waals surface area contributed by atoms with E-state index in [2.05, 4.69) is 26.5 Å². The molecule has 178 valence electrons. The van der Waals surface area contributed by atoms with Crippen LogP contribution in [0.25, 0.3) is 0 Å². The predicted octanol–water partition coefficient (Wildman–Crippen LogP) is 5.11. The van der Waals surface area contributed by atoms with Crippen molar-refractivity contribution in [3.8, 4) is 5.75 Å². The molecule has 1 N–H and O–H groups in total. The molecule has 0 aliphatic carbocycles. The van der Waals surface area contributed by atoms with Crippen molar-refractivity contribution in [3.63, 3.8) is 0 Å². The Morgan fingerprint density at radius 2 is 1.85 bits per heavy atom. The second-order valence-electron chi connectivity index (χ2n) is 7.03. The Morgan fingerprint density at radius 3 is 2.53 bits per heavy atom. The van der Waals surface area contributed by atoms with Crippen LogP contribution in [0.2, 0.25) is 10.0 Å². The third-order valence-corrected chi connectivity index (χ3v) is 7.55. The van der Waals surface area contributed by atoms with Gasteiger partial charge in [0.25, 0.3) is 5.91 Å². The van der Waals surface area contributed by atoms with Crippen molar-refractivity contribution in [3.05, 3.63) is 92.4 Å². The Kier molecular flexibility index (Phi) is 9.10. The molecule has 3 rings (SSSR count). The molecule has 0 heterocycles. The van der Waals surface area contributed by atoms with Crippen molar-refractivity contribution in [2.75, 3.05) is 13.7 Å². The van der Waals surface area contributed by atoms with Gasteiger partial charge in [0, 0.05) is 21.1 Å². The van der Waals surface area contributed by atoms with Crippen molar-refractivity contribution in [1.82, 2.24) is 9.73 Å². The Bertz CT molecular complexity index is 1300. The summed E-state index contributed by atoms with van der Waals surface area (Å²) >= 11 is 15.5. The van der Waals surface area contributed by atoms with Gasteiger partial charge in [-0.3, -0.25) is 4.79 Å². The summed E-state index contributed by atoms with van der Waals surface area (Å²) in [5.74, 6) is 0.0202. The van der Waals surface area contributed by atoms with Crippen molar-refractivity contribution < 1.29 is 17.9 Å². The van der Waals surface area contributed by atoms with Crippen LogP contribution in [0.1, 0.15) is 11.1 Å². The SMILES string of the molecule is COc1cccc(/C=N/NC(=O)CN(Cc2ccc(Cl)cc2Cl)S(=O)(=O)c2ccc(Br)cc2)c1. The van der Waals surface area contributed by atoms with Gasteiger partial charge in [-0.1, -0.05) is 57.3 Å². The molecule has 0 unspecified atom stereocenters. The van der Waals surface area contributed by atoms with Crippen molar-refractivity contribution in [1.29, 1.82) is 0 Å². The van der Waals surface area contributed by atoms with E-state index in [1.165, 1.54) is 24.4 Å². The van der Waals surface area contributed by atoms with Gasteiger partial charge in [-0.15, -0.1) is 0 Å². The maximum atomic E-state index is 13.3. The number of hydrogen-bond donors (Lipinski definition) is 1. The van der Waals surface area contributed by atoms with E-state index in [9.17, 15) is 13.2 Å². The second kappa shape index (κ2) is 11.8. The van der Waals surface area contributed by atoms with Gasteiger partial charge in [0.15, 0.2) is 0 Å². The quantitative estimate of drug-likeness (QED) is 0.280. The molecule has 0 atom stereocenters. The molecule has 0 bridgehead atoms. The highest BCUT2D eigenvalue weighted by Gasteiger charge is 2.27. The molecule has 0 saturated carbocycles. The first-order valence-electron chi connectivity index (χ1n) is 9.84. The summed E-state index contributed by atoms with van der Waals surface area (Å²) in [6, 6.07) is 17.9. The zero-order valence-corrected chi connectivity index (χ0v) is 21.8. The summed E-state index contributed by atoms with van der Waals surface area (Å²) in [5.41, 5.74) is 3.56. The zero-order chi connectivity index (χ0) is 24.7. The topological polar surface area (TPSA) is 88.1 Å². The molecular weight excluding hydrogens is 565 g/mol. The van der Waals surface area contributed by atoms with Crippen LogP contribution in [0.4, 0.5) is 0 Å². The number of hydrazone groups is 1. The number of nitrogens with zero attached hydrogens (tertiary/aromatic N) is 2. The van der Waals surface area contributed by atoms with E-state index in [4.69, 9.17) is 27.9 Å². The second-order valence-corrected chi connectivity index (χ2v) is 10.7. The number of ether oxygens (including phenoxy) is 1. The molecule has 0 aromatic heterocycles. The Labute approximate surface area is 216 Å². The smallest absolute Gasteiger partial charge is 0.255 e. The number of carbonyl (C=O) groups is 1. The first kappa shape index (κ1) is 26.2. The van der Waals surface area contributed by atoms with E-state index in [1.54, 1.807) is 55.6 Å². The van der Waals surface area contributed by atoms with Crippen LogP contribution in [0, 0.1) is 0 Å². The van der Waals surface area contributed by atoms with E-state index in [0.29, 0.717) is 26.9 Å². The minimum atomic E-state index is -4.03. The molecule has 3 aromatic rings. The summed E-state index contributed by atoms with van der Waals surface area (Å²) in [7, 11) is -2.49. The maximum Gasteiger partial charge on any atom is 0.255 e. The highest BCUT2D eigenvalue weighted by atomic mass is 79.9. The van der Waals surface area contributed by atoms with E-state index < -0.39 is 22.5 Å². The van der Waals surface area contributed by atoms with Gasteiger partial charge >= 0.3 is 0 Å². The van der Waals surface area contributed by atoms with E-state index in [-0.39, 0.29) is 11.4 Å². The lowest BCUT2D eigenvalue weighted by atomic mass is 10.2. The number of halogens is 3. The summed E-state index contributed by atoms with van der Waals surface area (Å²) in [6.07, 6.45) is 1.43. The monoisotopic (exact) mass is 583 g/mol. The zero-order valence-electron chi connectivity index (χ0n) is 17.9. The minimum Gasteiger partial charge on any atom is -0.497 e. The first-order chi connectivity index (χ1) is 16.2. The molecule has 0 spiro atoms. The molecule has 0 fully saturated rings. The van der Waals surface area contributed by atoms with Gasteiger partial charge in [0.2, 0.25) is 10.0 Å². The van der Waals surface area contributed by atoms with Crippen molar-refractivity contribution in [2.45, 2.75) is 11.4 Å². The number of rotatable bonds is 9. The Balaban J connectivity index is 1.81. The lowest BCUT2D eigenvalue weighted by Gasteiger charge is -2.22. The lowest BCUT2D eigenvalue weighted by Crippen LogP contribution is -2.39. The maximum absolute atomic E-state index is 13.3. The summed E-state index contributed by atoms with van der Waals surface area (Å²) in [5, 5.41) is 4.63. The number of sulfonamides is 1. The van der Waals surface area contributed by atoms with Crippen LogP contribution in [0.3, 0.4) is 0 Å². The number of nitrogens with one attached hydrogen (secondary N) is 1. The highest BCUT2D eigenvalue weighted by molar-refractivity contribution is 9.10. The largest absolute Gasteiger partial charge is 0.497 e. The van der Waals surface area contributed by atoms with E-state index >= 15 is 0 Å². The third kappa shape index (κ3) is 7.04. The molecule has 11 heteroatoms. The number of methoxy groups -OCH3 is 1. The van der Waals surface area contributed by atoms with Gasteiger partial charge in [0.1, 0.15) is 5.75 Å².